The molecule has 0 unspecified atom stereocenters. The lowest BCUT2D eigenvalue weighted by molar-refractivity contribution is 0.268. The topological polar surface area (TPSA) is 57.4 Å². The first kappa shape index (κ1) is 19.5. The SMILES string of the molecule is Cc1cccc(-c2ccc(OCc3ccccc3)nc2OCc2ccccc2)c1N. The van der Waals surface area contributed by atoms with Gasteiger partial charge in [-0.05, 0) is 29.7 Å². The molecule has 3 aromatic carbocycles. The van der Waals surface area contributed by atoms with Gasteiger partial charge >= 0.3 is 0 Å². The Morgan fingerprint density at radius 2 is 1.30 bits per heavy atom. The number of rotatable bonds is 7. The highest BCUT2D eigenvalue weighted by molar-refractivity contribution is 5.81. The minimum atomic E-state index is 0.411. The van der Waals surface area contributed by atoms with Gasteiger partial charge in [-0.2, -0.15) is 4.98 Å². The van der Waals surface area contributed by atoms with Gasteiger partial charge in [0.25, 0.3) is 0 Å². The molecule has 0 radical (unpaired) electrons. The van der Waals surface area contributed by atoms with Crippen molar-refractivity contribution in [3.8, 4) is 22.9 Å². The summed E-state index contributed by atoms with van der Waals surface area (Å²) in [5, 5.41) is 0. The van der Waals surface area contributed by atoms with Crippen molar-refractivity contribution in [3.63, 3.8) is 0 Å². The monoisotopic (exact) mass is 396 g/mol. The zero-order chi connectivity index (χ0) is 20.8. The van der Waals surface area contributed by atoms with Crippen LogP contribution >= 0.6 is 0 Å². The van der Waals surface area contributed by atoms with E-state index in [2.05, 4.69) is 4.98 Å². The number of benzene rings is 3. The van der Waals surface area contributed by atoms with Crippen LogP contribution in [0.5, 0.6) is 11.8 Å². The highest BCUT2D eigenvalue weighted by Crippen LogP contribution is 2.36. The van der Waals surface area contributed by atoms with Crippen LogP contribution in [0.3, 0.4) is 0 Å². The molecule has 4 nitrogen and oxygen atoms in total. The molecule has 0 bridgehead atoms. The van der Waals surface area contributed by atoms with Crippen LogP contribution in [0.15, 0.2) is 91.0 Å². The molecule has 150 valence electrons. The summed E-state index contributed by atoms with van der Waals surface area (Å²) in [5.41, 5.74) is 12.0. The quantitative estimate of drug-likeness (QED) is 0.401. The predicted octanol–water partition coefficient (Wildman–Crippen LogP) is 5.80. The molecule has 4 aromatic rings. The van der Waals surface area contributed by atoms with Crippen LogP contribution in [0.25, 0.3) is 11.1 Å². The maximum atomic E-state index is 6.35. The van der Waals surface area contributed by atoms with E-state index in [1.54, 1.807) is 0 Å². The molecule has 2 N–H and O–H groups in total. The van der Waals surface area contributed by atoms with E-state index in [0.29, 0.717) is 25.0 Å². The summed E-state index contributed by atoms with van der Waals surface area (Å²) in [4.78, 5) is 4.65. The minimum Gasteiger partial charge on any atom is -0.473 e. The lowest BCUT2D eigenvalue weighted by atomic mass is 10.0. The summed E-state index contributed by atoms with van der Waals surface area (Å²) < 4.78 is 12.0. The number of aryl methyl sites for hydroxylation is 1. The number of para-hydroxylation sites is 1. The van der Waals surface area contributed by atoms with E-state index in [0.717, 1.165) is 33.5 Å². The van der Waals surface area contributed by atoms with Crippen molar-refractivity contribution < 1.29 is 9.47 Å². The second-order valence-corrected chi connectivity index (χ2v) is 7.09. The lowest BCUT2D eigenvalue weighted by Crippen LogP contribution is -2.03. The van der Waals surface area contributed by atoms with E-state index in [9.17, 15) is 0 Å². The number of pyridine rings is 1. The Labute approximate surface area is 176 Å². The Balaban J connectivity index is 1.63. The summed E-state index contributed by atoms with van der Waals surface area (Å²) in [7, 11) is 0. The van der Waals surface area contributed by atoms with Crippen molar-refractivity contribution in [3.05, 3.63) is 108 Å². The molecule has 30 heavy (non-hydrogen) atoms. The molecule has 0 amide bonds. The van der Waals surface area contributed by atoms with Crippen LogP contribution in [0.4, 0.5) is 5.69 Å². The normalized spacial score (nSPS) is 10.6. The molecule has 0 aliphatic heterocycles. The van der Waals surface area contributed by atoms with Gasteiger partial charge in [0.2, 0.25) is 11.8 Å². The smallest absolute Gasteiger partial charge is 0.225 e. The first-order valence-electron chi connectivity index (χ1n) is 9.90. The molecule has 0 aliphatic carbocycles. The zero-order valence-corrected chi connectivity index (χ0v) is 16.9. The van der Waals surface area contributed by atoms with E-state index in [1.807, 2.05) is 97.9 Å². The van der Waals surface area contributed by atoms with E-state index >= 15 is 0 Å². The molecule has 0 spiro atoms. The van der Waals surface area contributed by atoms with Gasteiger partial charge in [-0.3, -0.25) is 0 Å². The Hall–Kier alpha value is -3.79. The summed E-state index contributed by atoms with van der Waals surface area (Å²) in [5.74, 6) is 1.01. The maximum Gasteiger partial charge on any atom is 0.225 e. The average molecular weight is 396 g/mol. The molecular formula is C26H24N2O2. The molecule has 4 heteroatoms. The van der Waals surface area contributed by atoms with E-state index in [1.165, 1.54) is 0 Å². The second kappa shape index (κ2) is 9.14. The van der Waals surface area contributed by atoms with Crippen molar-refractivity contribution in [2.24, 2.45) is 0 Å². The molecule has 0 atom stereocenters. The minimum absolute atomic E-state index is 0.411. The van der Waals surface area contributed by atoms with Gasteiger partial charge in [-0.25, -0.2) is 0 Å². The first-order chi connectivity index (χ1) is 14.7. The van der Waals surface area contributed by atoms with Crippen LogP contribution in [0.1, 0.15) is 16.7 Å². The zero-order valence-electron chi connectivity index (χ0n) is 16.9. The van der Waals surface area contributed by atoms with E-state index in [4.69, 9.17) is 15.2 Å². The summed E-state index contributed by atoms with van der Waals surface area (Å²) in [6, 6.07) is 29.8. The standard InChI is InChI=1S/C26H24N2O2/c1-19-9-8-14-22(25(19)27)23-15-16-24(29-17-20-10-4-2-5-11-20)28-26(23)30-18-21-12-6-3-7-13-21/h2-16H,17-18,27H2,1H3. The van der Waals surface area contributed by atoms with Crippen molar-refractivity contribution in [1.82, 2.24) is 4.98 Å². The number of nitrogens with two attached hydrogens (primary N) is 1. The van der Waals surface area contributed by atoms with Crippen molar-refractivity contribution in [1.29, 1.82) is 0 Å². The number of hydrogen-bond donors (Lipinski definition) is 1. The van der Waals surface area contributed by atoms with E-state index in [-0.39, 0.29) is 0 Å². The van der Waals surface area contributed by atoms with Gasteiger partial charge < -0.3 is 15.2 Å². The van der Waals surface area contributed by atoms with E-state index < -0.39 is 0 Å². The van der Waals surface area contributed by atoms with Gasteiger partial charge in [0.1, 0.15) is 13.2 Å². The molecule has 4 rings (SSSR count). The predicted molar refractivity (Wildman–Crippen MR) is 120 cm³/mol. The van der Waals surface area contributed by atoms with Crippen molar-refractivity contribution in [2.45, 2.75) is 20.1 Å². The Morgan fingerprint density at radius 3 is 1.97 bits per heavy atom. The van der Waals surface area contributed by atoms with Crippen molar-refractivity contribution >= 4 is 5.69 Å². The number of aromatic nitrogens is 1. The fourth-order valence-electron chi connectivity index (χ4n) is 3.19. The number of ether oxygens (including phenoxy) is 2. The molecule has 1 aromatic heterocycles. The highest BCUT2D eigenvalue weighted by atomic mass is 16.5. The Kier molecular flexibility index (Phi) is 5.95. The molecule has 0 saturated heterocycles. The number of nitrogens with zero attached hydrogens (tertiary/aromatic N) is 1. The second-order valence-electron chi connectivity index (χ2n) is 7.09. The van der Waals surface area contributed by atoms with Gasteiger partial charge in [-0.1, -0.05) is 78.9 Å². The maximum absolute atomic E-state index is 6.35. The summed E-state index contributed by atoms with van der Waals surface area (Å²) in [6.07, 6.45) is 0. The Morgan fingerprint density at radius 1 is 0.667 bits per heavy atom. The molecular weight excluding hydrogens is 372 g/mol. The third-order valence-electron chi connectivity index (χ3n) is 4.90. The Bertz CT molecular complexity index is 1110. The molecule has 0 aliphatic rings. The third kappa shape index (κ3) is 4.61. The fraction of sp³-hybridized carbons (Fsp3) is 0.115. The van der Waals surface area contributed by atoms with Crippen LogP contribution in [0, 0.1) is 6.92 Å². The lowest BCUT2D eigenvalue weighted by Gasteiger charge is -2.15. The molecule has 1 heterocycles. The summed E-state index contributed by atoms with van der Waals surface area (Å²) in [6.45, 7) is 2.85. The summed E-state index contributed by atoms with van der Waals surface area (Å²) >= 11 is 0. The van der Waals surface area contributed by atoms with Gasteiger partial charge in [0.05, 0.1) is 0 Å². The first-order valence-corrected chi connectivity index (χ1v) is 9.90. The molecule has 0 saturated carbocycles. The van der Waals surface area contributed by atoms with Crippen LogP contribution in [0.2, 0.25) is 0 Å². The van der Waals surface area contributed by atoms with Gasteiger partial charge in [-0.15, -0.1) is 0 Å². The number of anilines is 1. The van der Waals surface area contributed by atoms with Crippen LogP contribution in [-0.4, -0.2) is 4.98 Å². The highest BCUT2D eigenvalue weighted by Gasteiger charge is 2.14. The average Bonchev–Trinajstić information content (AvgIpc) is 2.80. The van der Waals surface area contributed by atoms with Crippen molar-refractivity contribution in [2.75, 3.05) is 5.73 Å². The van der Waals surface area contributed by atoms with Crippen LogP contribution in [-0.2, 0) is 13.2 Å². The van der Waals surface area contributed by atoms with Crippen LogP contribution < -0.4 is 15.2 Å². The third-order valence-corrected chi connectivity index (χ3v) is 4.90. The van der Waals surface area contributed by atoms with Gasteiger partial charge in [0, 0.05) is 22.9 Å². The number of nitrogen functional groups attached to an aromatic ring is 1. The largest absolute Gasteiger partial charge is 0.473 e. The molecule has 0 fully saturated rings. The fourth-order valence-corrected chi connectivity index (χ4v) is 3.19. The van der Waals surface area contributed by atoms with Gasteiger partial charge in [0.15, 0.2) is 0 Å². The number of hydrogen-bond acceptors (Lipinski definition) is 4.